The molecule has 1 aliphatic heterocycles. The number of allylic oxidation sites excluding steroid dienone is 2. The highest BCUT2D eigenvalue weighted by atomic mass is 16.8. The van der Waals surface area contributed by atoms with Crippen LogP contribution in [-0.2, 0) is 14.3 Å². The average Bonchev–Trinajstić information content (AvgIpc) is 2.74. The van der Waals surface area contributed by atoms with E-state index < -0.39 is 24.0 Å². The Bertz CT molecular complexity index is 473. The fourth-order valence-electron chi connectivity index (χ4n) is 1.56. The summed E-state index contributed by atoms with van der Waals surface area (Å²) in [6.45, 7) is 6.87. The zero-order chi connectivity index (χ0) is 16.0. The molecule has 1 aliphatic rings. The van der Waals surface area contributed by atoms with Crippen molar-refractivity contribution in [3.63, 3.8) is 0 Å². The van der Waals surface area contributed by atoms with E-state index in [1.807, 2.05) is 6.07 Å². The Morgan fingerprint density at radius 2 is 2.19 bits per heavy atom. The third kappa shape index (κ3) is 5.45. The summed E-state index contributed by atoms with van der Waals surface area (Å²) in [6.07, 6.45) is 2.71. The van der Waals surface area contributed by atoms with Crippen LogP contribution in [0.15, 0.2) is 24.2 Å². The Balaban J connectivity index is 2.69. The number of nitriles is 1. The second-order valence-electron chi connectivity index (χ2n) is 5.38. The second-order valence-corrected chi connectivity index (χ2v) is 5.38. The molecule has 0 aliphatic carbocycles. The maximum Gasteiger partial charge on any atom is 0.435 e. The van der Waals surface area contributed by atoms with E-state index >= 15 is 0 Å². The molecule has 0 aromatic carbocycles. The summed E-state index contributed by atoms with van der Waals surface area (Å²) >= 11 is 0. The summed E-state index contributed by atoms with van der Waals surface area (Å²) in [5.41, 5.74) is -0.669. The quantitative estimate of drug-likeness (QED) is 0.634. The topological polar surface area (TPSA) is 92.0 Å². The van der Waals surface area contributed by atoms with Crippen LogP contribution in [-0.4, -0.2) is 34.2 Å². The monoisotopic (exact) mass is 296 g/mol. The number of ether oxygens (including phenoxy) is 2. The number of amides is 1. The van der Waals surface area contributed by atoms with Crippen LogP contribution in [0.5, 0.6) is 0 Å². The van der Waals surface area contributed by atoms with E-state index in [1.165, 1.54) is 18.4 Å². The maximum absolute atomic E-state index is 12.0. The molecule has 0 aromatic rings. The van der Waals surface area contributed by atoms with Crippen molar-refractivity contribution in [3.8, 4) is 6.07 Å². The molecule has 1 saturated heterocycles. The van der Waals surface area contributed by atoms with Crippen molar-refractivity contribution in [1.29, 1.82) is 5.26 Å². The van der Waals surface area contributed by atoms with Crippen LogP contribution in [0.3, 0.4) is 0 Å². The zero-order valence-electron chi connectivity index (χ0n) is 12.6. The van der Waals surface area contributed by atoms with Gasteiger partial charge in [-0.05, 0) is 39.8 Å². The number of hydroxylamine groups is 2. The molecule has 0 bridgehead atoms. The summed E-state index contributed by atoms with van der Waals surface area (Å²) in [4.78, 5) is 17.0. The van der Waals surface area contributed by atoms with Crippen molar-refractivity contribution in [1.82, 2.24) is 5.06 Å². The first kappa shape index (κ1) is 17.0. The minimum Gasteiger partial charge on any atom is -0.454 e. The van der Waals surface area contributed by atoms with E-state index in [4.69, 9.17) is 19.6 Å². The number of aliphatic hydroxyl groups excluding tert-OH is 1. The van der Waals surface area contributed by atoms with Crippen molar-refractivity contribution >= 4 is 6.09 Å². The molecule has 1 rings (SSSR count). The molecule has 116 valence electrons. The summed E-state index contributed by atoms with van der Waals surface area (Å²) in [6, 6.07) is 1.32. The third-order valence-corrected chi connectivity index (χ3v) is 2.42. The van der Waals surface area contributed by atoms with Crippen molar-refractivity contribution in [2.75, 3.05) is 0 Å². The highest BCUT2D eigenvalue weighted by molar-refractivity contribution is 5.67. The van der Waals surface area contributed by atoms with Crippen LogP contribution < -0.4 is 0 Å². The van der Waals surface area contributed by atoms with E-state index in [0.29, 0.717) is 0 Å². The van der Waals surface area contributed by atoms with Crippen LogP contribution in [0.1, 0.15) is 34.1 Å². The number of rotatable bonds is 3. The molecule has 1 fully saturated rings. The molecule has 2 atom stereocenters. The predicted octanol–water partition coefficient (Wildman–Crippen LogP) is 2.20. The standard InChI is InChI=1S/C14H20N2O5/c1-5-11(9-15)19-7-6-10-8-12(17)21-16(10)13(18)20-14(2,3)4/h5-7,10,12,17H,8H2,1-4H3/b7-6+,11-5-/t10-,12?/m1/s1. The van der Waals surface area contributed by atoms with Gasteiger partial charge in [-0.1, -0.05) is 0 Å². The summed E-state index contributed by atoms with van der Waals surface area (Å²) in [7, 11) is 0. The van der Waals surface area contributed by atoms with Gasteiger partial charge in [0.25, 0.3) is 0 Å². The number of hydrogen-bond acceptors (Lipinski definition) is 6. The van der Waals surface area contributed by atoms with Crippen LogP contribution in [0.2, 0.25) is 0 Å². The van der Waals surface area contributed by atoms with Gasteiger partial charge >= 0.3 is 6.09 Å². The molecule has 0 aromatic heterocycles. The van der Waals surface area contributed by atoms with E-state index in [0.717, 1.165) is 5.06 Å². The first-order valence-corrected chi connectivity index (χ1v) is 6.53. The van der Waals surface area contributed by atoms with E-state index in [1.54, 1.807) is 27.7 Å². The van der Waals surface area contributed by atoms with Crippen LogP contribution >= 0.6 is 0 Å². The van der Waals surface area contributed by atoms with E-state index in [-0.39, 0.29) is 12.2 Å². The van der Waals surface area contributed by atoms with Gasteiger partial charge in [-0.2, -0.15) is 10.3 Å². The molecule has 1 amide bonds. The molecular formula is C14H20N2O5. The van der Waals surface area contributed by atoms with Gasteiger partial charge in [-0.25, -0.2) is 9.63 Å². The molecular weight excluding hydrogens is 276 g/mol. The highest BCUT2D eigenvalue weighted by Gasteiger charge is 2.37. The maximum atomic E-state index is 12.0. The second kappa shape index (κ2) is 7.11. The van der Waals surface area contributed by atoms with Gasteiger partial charge in [-0.15, -0.1) is 0 Å². The molecule has 0 spiro atoms. The largest absolute Gasteiger partial charge is 0.454 e. The first-order valence-electron chi connectivity index (χ1n) is 6.53. The number of carbonyl (C=O) groups excluding carboxylic acids is 1. The summed E-state index contributed by atoms with van der Waals surface area (Å²) in [5, 5.41) is 19.2. The Morgan fingerprint density at radius 1 is 1.52 bits per heavy atom. The first-order chi connectivity index (χ1) is 9.76. The minimum atomic E-state index is -1.09. The average molecular weight is 296 g/mol. The zero-order valence-corrected chi connectivity index (χ0v) is 12.6. The Labute approximate surface area is 124 Å². The van der Waals surface area contributed by atoms with Crippen molar-refractivity contribution in [3.05, 3.63) is 24.2 Å². The van der Waals surface area contributed by atoms with Crippen molar-refractivity contribution in [2.24, 2.45) is 0 Å². The Morgan fingerprint density at radius 3 is 2.71 bits per heavy atom. The molecule has 7 heteroatoms. The molecule has 21 heavy (non-hydrogen) atoms. The van der Waals surface area contributed by atoms with Crippen LogP contribution in [0.4, 0.5) is 4.79 Å². The SMILES string of the molecule is C/C=C(/C#N)O/C=C/[C@@H]1CC(O)ON1C(=O)OC(C)(C)C. The predicted molar refractivity (Wildman–Crippen MR) is 73.2 cm³/mol. The van der Waals surface area contributed by atoms with Gasteiger partial charge < -0.3 is 14.6 Å². The molecule has 7 nitrogen and oxygen atoms in total. The van der Waals surface area contributed by atoms with Crippen LogP contribution in [0.25, 0.3) is 0 Å². The number of carbonyl (C=O) groups is 1. The number of hydrogen-bond donors (Lipinski definition) is 1. The van der Waals surface area contributed by atoms with Gasteiger partial charge in [0.05, 0.1) is 12.3 Å². The van der Waals surface area contributed by atoms with Gasteiger partial charge in [-0.3, -0.25) is 0 Å². The summed E-state index contributed by atoms with van der Waals surface area (Å²) < 4.78 is 10.3. The van der Waals surface area contributed by atoms with Gasteiger partial charge in [0, 0.05) is 6.42 Å². The van der Waals surface area contributed by atoms with Crippen molar-refractivity contribution in [2.45, 2.75) is 52.0 Å². The lowest BCUT2D eigenvalue weighted by Crippen LogP contribution is -2.38. The lowest BCUT2D eigenvalue weighted by Gasteiger charge is -2.25. The lowest BCUT2D eigenvalue weighted by atomic mass is 10.2. The molecule has 0 saturated carbocycles. The van der Waals surface area contributed by atoms with E-state index in [2.05, 4.69) is 0 Å². The normalized spacial score (nSPS) is 23.2. The van der Waals surface area contributed by atoms with Gasteiger partial charge in [0.1, 0.15) is 11.7 Å². The Hall–Kier alpha value is -2.04. The number of nitrogens with zero attached hydrogens (tertiary/aromatic N) is 2. The van der Waals surface area contributed by atoms with Gasteiger partial charge in [0.15, 0.2) is 12.0 Å². The minimum absolute atomic E-state index is 0.134. The molecule has 1 unspecified atom stereocenters. The fraction of sp³-hybridized carbons (Fsp3) is 0.571. The Kier molecular flexibility index (Phi) is 5.76. The summed E-state index contributed by atoms with van der Waals surface area (Å²) in [5.74, 6) is 0.134. The smallest absolute Gasteiger partial charge is 0.435 e. The van der Waals surface area contributed by atoms with Crippen molar-refractivity contribution < 1.29 is 24.2 Å². The highest BCUT2D eigenvalue weighted by Crippen LogP contribution is 2.23. The molecule has 0 radical (unpaired) electrons. The molecule has 1 heterocycles. The number of aliphatic hydroxyl groups is 1. The lowest BCUT2D eigenvalue weighted by molar-refractivity contribution is -0.203. The van der Waals surface area contributed by atoms with Crippen LogP contribution in [0, 0.1) is 11.3 Å². The molecule has 1 N–H and O–H groups in total. The fourth-order valence-corrected chi connectivity index (χ4v) is 1.56. The third-order valence-electron chi connectivity index (χ3n) is 2.42. The van der Waals surface area contributed by atoms with E-state index in [9.17, 15) is 9.90 Å². The van der Waals surface area contributed by atoms with Gasteiger partial charge in [0.2, 0.25) is 0 Å².